The van der Waals surface area contributed by atoms with Crippen molar-refractivity contribution in [2.45, 2.75) is 13.0 Å². The van der Waals surface area contributed by atoms with Gasteiger partial charge in [-0.25, -0.2) is 19.9 Å². The fraction of sp³-hybridized carbons (Fsp3) is 0.0769. The molecule has 12 nitrogen and oxygen atoms in total. The summed E-state index contributed by atoms with van der Waals surface area (Å²) in [5.74, 6) is -0.00496. The van der Waals surface area contributed by atoms with Gasteiger partial charge in [-0.15, -0.1) is 0 Å². The molecule has 11 aromatic rings. The van der Waals surface area contributed by atoms with Crippen molar-refractivity contribution >= 4 is 95.6 Å². The van der Waals surface area contributed by atoms with E-state index in [1.807, 2.05) is 67.0 Å². The number of H-pyrrole nitrogens is 1. The Balaban J connectivity index is 0.000000167. The molecule has 0 atom stereocenters. The van der Waals surface area contributed by atoms with Crippen molar-refractivity contribution in [2.24, 2.45) is 0 Å². The van der Waals surface area contributed by atoms with Gasteiger partial charge in [0.25, 0.3) is 0 Å². The Morgan fingerprint density at radius 1 is 0.629 bits per heavy atom. The Hall–Kier alpha value is -7.34. The molecular formula is C52H40BBrCl2F2N8O4. The van der Waals surface area contributed by atoms with E-state index in [9.17, 15) is 8.78 Å². The van der Waals surface area contributed by atoms with Gasteiger partial charge in [-0.2, -0.15) is 8.78 Å². The highest BCUT2D eigenvalue weighted by Gasteiger charge is 2.41. The van der Waals surface area contributed by atoms with Gasteiger partial charge in [0.15, 0.2) is 0 Å². The van der Waals surface area contributed by atoms with Gasteiger partial charge >= 0.3 is 7.12 Å². The number of benzene rings is 3. The lowest BCUT2D eigenvalue weighted by molar-refractivity contribution is 0.413. The van der Waals surface area contributed by atoms with Gasteiger partial charge in [0.05, 0.1) is 36.0 Å². The van der Waals surface area contributed by atoms with Crippen LogP contribution in [0.15, 0.2) is 169 Å². The fourth-order valence-electron chi connectivity index (χ4n) is 8.30. The number of methoxy groups -OCH3 is 2. The molecule has 0 amide bonds. The average molecular weight is 1040 g/mol. The van der Waals surface area contributed by atoms with Crippen LogP contribution < -0.4 is 14.9 Å². The summed E-state index contributed by atoms with van der Waals surface area (Å²) in [4.78, 5) is 28.1. The maximum atomic E-state index is 13.5. The highest BCUT2D eigenvalue weighted by molar-refractivity contribution is 9.10. The van der Waals surface area contributed by atoms with Gasteiger partial charge in [-0.1, -0.05) is 85.2 Å². The van der Waals surface area contributed by atoms with Crippen LogP contribution >= 0.6 is 39.1 Å². The van der Waals surface area contributed by atoms with Gasteiger partial charge in [0, 0.05) is 69.8 Å². The van der Waals surface area contributed by atoms with Crippen molar-refractivity contribution in [1.29, 1.82) is 0 Å². The van der Waals surface area contributed by atoms with E-state index in [0.29, 0.717) is 16.9 Å². The number of rotatable bonds is 8. The second-order valence-electron chi connectivity index (χ2n) is 15.2. The van der Waals surface area contributed by atoms with E-state index >= 15 is 0 Å². The van der Waals surface area contributed by atoms with E-state index in [0.717, 1.165) is 77.2 Å². The summed E-state index contributed by atoms with van der Waals surface area (Å²) < 4.78 is 40.1. The zero-order valence-corrected chi connectivity index (χ0v) is 39.5. The Bertz CT molecular complexity index is 3560. The summed E-state index contributed by atoms with van der Waals surface area (Å²) in [6, 6.07) is 41.7. The summed E-state index contributed by atoms with van der Waals surface area (Å²) in [6.07, 6.45) is 9.74. The number of aromatic amines is 1. The van der Waals surface area contributed by atoms with Crippen LogP contribution in [0.5, 0.6) is 11.5 Å². The largest absolute Gasteiger partial charge is 0.497 e. The lowest BCUT2D eigenvalue weighted by atomic mass is 9.76. The molecule has 0 fully saturated rings. The highest BCUT2D eigenvalue weighted by atomic mass is 79.9. The standard InChI is InChI=1S/C31H24BrN3O2.C15H8ClFN4.C5H4BClFNO2.CH4/c1-36-24-12-8-22(9-13-24)31(21-6-4-3-5-7-21,23-10-14-25(37-2)15-11-23)35-28-18-19-33-20-27(28)26-16-17-29(32)34-30(26)35;16-13-9(3-6-19-14(13)17)11-2-1-8-10-7-18-5-4-12(10)21-15(8)20-11;7-4-3(6(10)11)1-2-9-5(4)8;/h3-20H,1-2H3;1-7H,(H,20,21);1-2,10-11H;1H4. The van der Waals surface area contributed by atoms with Gasteiger partial charge in [-0.05, 0) is 105 Å². The Morgan fingerprint density at radius 2 is 1.21 bits per heavy atom. The van der Waals surface area contributed by atoms with E-state index in [1.165, 1.54) is 12.3 Å². The second-order valence-corrected chi connectivity index (χ2v) is 16.8. The minimum atomic E-state index is -1.76. The van der Waals surface area contributed by atoms with Gasteiger partial charge in [-0.3, -0.25) is 9.97 Å². The zero-order chi connectivity index (χ0) is 48.2. The monoisotopic (exact) mass is 1040 g/mol. The Kier molecular flexibility index (Phi) is 14.8. The maximum absolute atomic E-state index is 13.5. The molecule has 8 aromatic heterocycles. The fourth-order valence-corrected chi connectivity index (χ4v) is 9.01. The lowest BCUT2D eigenvalue weighted by Gasteiger charge is -2.38. The molecule has 0 spiro atoms. The average Bonchev–Trinajstić information content (AvgIpc) is 3.92. The van der Waals surface area contributed by atoms with Gasteiger partial charge < -0.3 is 29.1 Å². The quantitative estimate of drug-likeness (QED) is 0.0760. The van der Waals surface area contributed by atoms with Crippen molar-refractivity contribution in [3.63, 3.8) is 0 Å². The number of nitrogens with one attached hydrogen (secondary N) is 1. The van der Waals surface area contributed by atoms with Crippen LogP contribution in [0.2, 0.25) is 10.0 Å². The summed E-state index contributed by atoms with van der Waals surface area (Å²) >= 11 is 14.9. The number of pyridine rings is 6. The molecule has 0 unspecified atom stereocenters. The van der Waals surface area contributed by atoms with E-state index in [1.54, 1.807) is 32.7 Å². The number of nitrogens with zero attached hydrogens (tertiary/aromatic N) is 7. The zero-order valence-electron chi connectivity index (χ0n) is 36.4. The molecule has 11 rings (SSSR count). The third-order valence-electron chi connectivity index (χ3n) is 11.5. The topological polar surface area (TPSA) is 157 Å². The molecule has 350 valence electrons. The van der Waals surface area contributed by atoms with Crippen molar-refractivity contribution in [3.05, 3.63) is 208 Å². The third kappa shape index (κ3) is 9.27. The van der Waals surface area contributed by atoms with Crippen molar-refractivity contribution < 1.29 is 28.3 Å². The Morgan fingerprint density at radius 3 is 1.84 bits per heavy atom. The summed E-state index contributed by atoms with van der Waals surface area (Å²) in [5.41, 5.74) is 7.05. The van der Waals surface area contributed by atoms with Crippen molar-refractivity contribution in [1.82, 2.24) is 39.5 Å². The van der Waals surface area contributed by atoms with Crippen LogP contribution in [0.3, 0.4) is 0 Å². The van der Waals surface area contributed by atoms with E-state index in [4.69, 9.17) is 47.7 Å². The maximum Gasteiger partial charge on any atom is 0.490 e. The van der Waals surface area contributed by atoms with E-state index in [-0.39, 0.29) is 22.9 Å². The molecule has 0 bridgehead atoms. The van der Waals surface area contributed by atoms with E-state index < -0.39 is 24.6 Å². The molecule has 8 heterocycles. The molecule has 0 saturated carbocycles. The SMILES string of the molecule is C.COc1ccc(C(c2ccccc2)(c2ccc(OC)cc2)n2c3ccncc3c3ccc(Br)nc32)cc1.Fc1nccc(-c2ccc3c(n2)[nH]c2ccncc23)c1Cl.OB(O)c1ccnc(F)c1Cl. The minimum absolute atomic E-state index is 0. The summed E-state index contributed by atoms with van der Waals surface area (Å²) in [7, 11) is 1.61. The third-order valence-corrected chi connectivity index (χ3v) is 12.6. The predicted octanol–water partition coefficient (Wildman–Crippen LogP) is 11.4. The normalized spacial score (nSPS) is 11.1. The second kappa shape index (κ2) is 21.1. The molecule has 70 heavy (non-hydrogen) atoms. The van der Waals surface area contributed by atoms with Crippen LogP contribution in [0.4, 0.5) is 8.78 Å². The first-order valence-corrected chi connectivity index (χ1v) is 22.5. The number of hydrogen-bond acceptors (Lipinski definition) is 10. The number of halogens is 5. The molecule has 0 aliphatic carbocycles. The van der Waals surface area contributed by atoms with E-state index in [2.05, 4.69) is 111 Å². The first-order chi connectivity index (χ1) is 33.5. The number of hydrogen-bond donors (Lipinski definition) is 3. The Labute approximate surface area is 418 Å². The summed E-state index contributed by atoms with van der Waals surface area (Å²) in [5, 5.41) is 20.9. The lowest BCUT2D eigenvalue weighted by Crippen LogP contribution is -2.37. The minimum Gasteiger partial charge on any atom is -0.497 e. The van der Waals surface area contributed by atoms with Crippen LogP contribution in [-0.2, 0) is 5.54 Å². The molecule has 0 aliphatic rings. The predicted molar refractivity (Wildman–Crippen MR) is 276 cm³/mol. The molecule has 18 heteroatoms. The molecule has 0 saturated heterocycles. The molecule has 3 aromatic carbocycles. The first-order valence-electron chi connectivity index (χ1n) is 21.0. The first kappa shape index (κ1) is 49.1. The number of fused-ring (bicyclic) bond motifs is 6. The summed E-state index contributed by atoms with van der Waals surface area (Å²) in [6.45, 7) is 0. The number of aromatic nitrogens is 8. The van der Waals surface area contributed by atoms with Gasteiger partial charge in [0.2, 0.25) is 11.9 Å². The molecule has 0 aliphatic heterocycles. The number of ether oxygens (including phenoxy) is 2. The van der Waals surface area contributed by atoms with Crippen LogP contribution in [0.25, 0.3) is 55.1 Å². The van der Waals surface area contributed by atoms with Crippen LogP contribution in [-0.4, -0.2) is 70.8 Å². The molecule has 0 radical (unpaired) electrons. The van der Waals surface area contributed by atoms with Crippen LogP contribution in [0, 0.1) is 11.9 Å². The smallest absolute Gasteiger partial charge is 0.490 e. The van der Waals surface area contributed by atoms with Crippen molar-refractivity contribution in [2.75, 3.05) is 14.2 Å². The molecule has 3 N–H and O–H groups in total. The van der Waals surface area contributed by atoms with Crippen molar-refractivity contribution in [3.8, 4) is 22.8 Å². The highest BCUT2D eigenvalue weighted by Crippen LogP contribution is 2.46. The molecular weight excluding hydrogens is 1000 g/mol. The van der Waals surface area contributed by atoms with Gasteiger partial charge in [0.1, 0.15) is 38.0 Å². The van der Waals surface area contributed by atoms with Crippen LogP contribution in [0.1, 0.15) is 24.1 Å².